The van der Waals surface area contributed by atoms with Crippen LogP contribution in [0.4, 0.5) is 0 Å². The molecular formula is C9H3N9S3. The summed E-state index contributed by atoms with van der Waals surface area (Å²) in [5.74, 6) is 1.30. The van der Waals surface area contributed by atoms with E-state index in [9.17, 15) is 0 Å². The van der Waals surface area contributed by atoms with Gasteiger partial charge < -0.3 is 0 Å². The third-order valence-corrected chi connectivity index (χ3v) is 4.35. The molecule has 4 rings (SSSR count). The maximum Gasteiger partial charge on any atom is 0.195 e. The molecule has 0 unspecified atom stereocenters. The highest BCUT2D eigenvalue weighted by atomic mass is 32.1. The van der Waals surface area contributed by atoms with Crippen molar-refractivity contribution in [2.75, 3.05) is 0 Å². The van der Waals surface area contributed by atoms with Crippen LogP contribution >= 0.6 is 34.0 Å². The largest absolute Gasteiger partial charge is 0.203 e. The molecule has 0 aromatic carbocycles. The van der Waals surface area contributed by atoms with Gasteiger partial charge in [-0.2, -0.15) is 0 Å². The summed E-state index contributed by atoms with van der Waals surface area (Å²) in [6, 6.07) is 0. The lowest BCUT2D eigenvalue weighted by Gasteiger charge is -2.01. The molecule has 102 valence electrons. The van der Waals surface area contributed by atoms with Crippen LogP contribution in [0.25, 0.3) is 32.5 Å². The van der Waals surface area contributed by atoms with Gasteiger partial charge in [0.1, 0.15) is 16.5 Å². The average Bonchev–Trinajstić information content (AvgIpc) is 3.29. The number of rotatable bonds is 3. The Kier molecular flexibility index (Phi) is 3.10. The Hall–Kier alpha value is -2.31. The lowest BCUT2D eigenvalue weighted by atomic mass is 10.5. The van der Waals surface area contributed by atoms with E-state index in [1.807, 2.05) is 0 Å². The molecule has 0 aliphatic heterocycles. The minimum Gasteiger partial charge on any atom is -0.203 e. The highest BCUT2D eigenvalue weighted by Gasteiger charge is 2.16. The molecule has 0 saturated carbocycles. The minimum atomic E-state index is 0.433. The molecule has 0 aliphatic carbocycles. The van der Waals surface area contributed by atoms with E-state index < -0.39 is 0 Å². The van der Waals surface area contributed by atoms with E-state index in [-0.39, 0.29) is 0 Å². The smallest absolute Gasteiger partial charge is 0.195 e. The number of aromatic nitrogens is 9. The molecule has 0 amide bonds. The fourth-order valence-corrected chi connectivity index (χ4v) is 2.93. The first-order valence-electron chi connectivity index (χ1n) is 5.46. The van der Waals surface area contributed by atoms with Crippen LogP contribution in [0, 0.1) is 0 Å². The minimum absolute atomic E-state index is 0.433. The molecule has 4 aromatic rings. The van der Waals surface area contributed by atoms with E-state index in [4.69, 9.17) is 0 Å². The second kappa shape index (κ2) is 5.23. The third-order valence-electron chi connectivity index (χ3n) is 2.29. The molecule has 0 saturated heterocycles. The van der Waals surface area contributed by atoms with Crippen molar-refractivity contribution in [3.05, 3.63) is 16.5 Å². The molecule has 4 heterocycles. The summed E-state index contributed by atoms with van der Waals surface area (Å²) < 4.78 is 0. The van der Waals surface area contributed by atoms with Crippen LogP contribution in [-0.4, -0.2) is 45.5 Å². The Labute approximate surface area is 128 Å². The van der Waals surface area contributed by atoms with Crippen molar-refractivity contribution in [1.29, 1.82) is 0 Å². The molecule has 0 radical (unpaired) electrons. The van der Waals surface area contributed by atoms with Crippen LogP contribution in [0.1, 0.15) is 0 Å². The lowest BCUT2D eigenvalue weighted by Crippen LogP contribution is -1.99. The molecule has 0 fully saturated rings. The van der Waals surface area contributed by atoms with Crippen molar-refractivity contribution in [2.45, 2.75) is 0 Å². The summed E-state index contributed by atoms with van der Waals surface area (Å²) in [5, 5.41) is 25.2. The Morgan fingerprint density at radius 1 is 0.524 bits per heavy atom. The van der Waals surface area contributed by atoms with Crippen molar-refractivity contribution < 1.29 is 0 Å². The summed E-state index contributed by atoms with van der Waals surface area (Å²) in [7, 11) is 0. The molecule has 0 spiro atoms. The van der Waals surface area contributed by atoms with Crippen molar-refractivity contribution in [2.24, 2.45) is 0 Å². The van der Waals surface area contributed by atoms with Crippen molar-refractivity contribution in [1.82, 2.24) is 45.5 Å². The zero-order valence-corrected chi connectivity index (χ0v) is 12.4. The zero-order chi connectivity index (χ0) is 14.1. The summed E-state index contributed by atoms with van der Waals surface area (Å²) in [4.78, 5) is 13.1. The first-order valence-corrected chi connectivity index (χ1v) is 8.10. The van der Waals surface area contributed by atoms with Gasteiger partial charge >= 0.3 is 0 Å². The highest BCUT2D eigenvalue weighted by molar-refractivity contribution is 7.13. The van der Waals surface area contributed by atoms with Gasteiger partial charge in [0.25, 0.3) is 0 Å². The number of nitrogens with zero attached hydrogens (tertiary/aromatic N) is 9. The van der Waals surface area contributed by atoms with E-state index in [1.165, 1.54) is 34.0 Å². The molecule has 12 heteroatoms. The van der Waals surface area contributed by atoms with E-state index in [1.54, 1.807) is 16.5 Å². The van der Waals surface area contributed by atoms with Crippen LogP contribution < -0.4 is 0 Å². The monoisotopic (exact) mass is 333 g/mol. The van der Waals surface area contributed by atoms with Gasteiger partial charge in [-0.25, -0.2) is 15.0 Å². The Bertz CT molecular complexity index is 714. The second-order valence-corrected chi connectivity index (χ2v) is 6.04. The van der Waals surface area contributed by atoms with Gasteiger partial charge in [-0.05, 0) is 0 Å². The average molecular weight is 333 g/mol. The van der Waals surface area contributed by atoms with Crippen LogP contribution in [-0.2, 0) is 0 Å². The van der Waals surface area contributed by atoms with Crippen molar-refractivity contribution in [3.8, 4) is 32.5 Å². The summed E-state index contributed by atoms with van der Waals surface area (Å²) in [6.07, 6.45) is 0. The van der Waals surface area contributed by atoms with Gasteiger partial charge in [0, 0.05) is 0 Å². The molecule has 9 nitrogen and oxygen atoms in total. The standard InChI is InChI=1S/C9H3N9S3/c1-10-16-7(19-1)4-13-5(8-17-11-2-20-8)15-6(14-4)9-18-12-3-21-9/h1-3H. The predicted octanol–water partition coefficient (Wildman–Crippen LogP) is 1.43. The van der Waals surface area contributed by atoms with Crippen LogP contribution in [0.2, 0.25) is 0 Å². The fourth-order valence-electron chi connectivity index (χ4n) is 1.47. The molecule has 0 atom stereocenters. The van der Waals surface area contributed by atoms with E-state index in [0.29, 0.717) is 32.5 Å². The predicted molar refractivity (Wildman–Crippen MR) is 76.5 cm³/mol. The third kappa shape index (κ3) is 2.39. The summed E-state index contributed by atoms with van der Waals surface area (Å²) in [5.41, 5.74) is 4.86. The molecular weight excluding hydrogens is 330 g/mol. The van der Waals surface area contributed by atoms with Crippen LogP contribution in [0.15, 0.2) is 16.5 Å². The topological polar surface area (TPSA) is 116 Å². The van der Waals surface area contributed by atoms with Gasteiger partial charge in [-0.15, -0.1) is 30.6 Å². The second-order valence-electron chi connectivity index (χ2n) is 3.54. The van der Waals surface area contributed by atoms with Crippen LogP contribution in [0.5, 0.6) is 0 Å². The van der Waals surface area contributed by atoms with E-state index in [0.717, 1.165) is 0 Å². The maximum absolute atomic E-state index is 4.38. The van der Waals surface area contributed by atoms with Crippen LogP contribution in [0.3, 0.4) is 0 Å². The van der Waals surface area contributed by atoms with Crippen molar-refractivity contribution >= 4 is 34.0 Å². The normalized spacial score (nSPS) is 10.9. The first-order chi connectivity index (χ1) is 10.4. The van der Waals surface area contributed by atoms with E-state index in [2.05, 4.69) is 45.5 Å². The Balaban J connectivity index is 1.92. The summed E-state index contributed by atoms with van der Waals surface area (Å²) in [6.45, 7) is 0. The zero-order valence-electron chi connectivity index (χ0n) is 9.98. The van der Waals surface area contributed by atoms with Gasteiger partial charge in [0.2, 0.25) is 0 Å². The maximum atomic E-state index is 4.38. The first kappa shape index (κ1) is 12.4. The molecule has 0 aliphatic rings. The molecule has 0 N–H and O–H groups in total. The molecule has 21 heavy (non-hydrogen) atoms. The van der Waals surface area contributed by atoms with Gasteiger partial charge in [-0.3, -0.25) is 0 Å². The SMILES string of the molecule is c1nnc(-c2nc(-c3nncs3)nc(-c3nncs3)n2)s1. The number of hydrogen-bond donors (Lipinski definition) is 0. The number of hydrogen-bond acceptors (Lipinski definition) is 12. The van der Waals surface area contributed by atoms with Gasteiger partial charge in [-0.1, -0.05) is 34.0 Å². The fraction of sp³-hybridized carbons (Fsp3) is 0. The Morgan fingerprint density at radius 3 is 1.10 bits per heavy atom. The molecule has 0 bridgehead atoms. The van der Waals surface area contributed by atoms with Crippen molar-refractivity contribution in [3.63, 3.8) is 0 Å². The van der Waals surface area contributed by atoms with E-state index >= 15 is 0 Å². The lowest BCUT2D eigenvalue weighted by molar-refractivity contribution is 1.00. The highest BCUT2D eigenvalue weighted by Crippen LogP contribution is 2.25. The van der Waals surface area contributed by atoms with Gasteiger partial charge in [0.15, 0.2) is 32.5 Å². The molecule has 4 aromatic heterocycles. The Morgan fingerprint density at radius 2 is 0.857 bits per heavy atom. The quantitative estimate of drug-likeness (QED) is 0.548. The summed E-state index contributed by atoms with van der Waals surface area (Å²) >= 11 is 4.04. The van der Waals surface area contributed by atoms with Gasteiger partial charge in [0.05, 0.1) is 0 Å².